The highest BCUT2D eigenvalue weighted by atomic mass is 32.2. The molecule has 0 bridgehead atoms. The van der Waals surface area contributed by atoms with E-state index in [0.717, 1.165) is 32.1 Å². The molecule has 0 unspecified atom stereocenters. The van der Waals surface area contributed by atoms with Crippen LogP contribution in [0.3, 0.4) is 0 Å². The van der Waals surface area contributed by atoms with Crippen molar-refractivity contribution in [1.29, 1.82) is 0 Å². The molecular weight excluding hydrogens is 467 g/mol. The smallest absolute Gasteiger partial charge is 0.437 e. The van der Waals surface area contributed by atoms with Gasteiger partial charge in [-0.1, -0.05) is 25.0 Å². The summed E-state index contributed by atoms with van der Waals surface area (Å²) in [4.78, 5) is 11.3. The number of methoxy groups -OCH3 is 1. The van der Waals surface area contributed by atoms with Gasteiger partial charge in [0.1, 0.15) is 0 Å². The van der Waals surface area contributed by atoms with Crippen molar-refractivity contribution in [2.24, 2.45) is 5.92 Å². The Morgan fingerprint density at radius 1 is 1.19 bits per heavy atom. The summed E-state index contributed by atoms with van der Waals surface area (Å²) in [7, 11) is -9.73. The number of carbonyl (C=O) groups excluding carboxylic acids is 1. The van der Waals surface area contributed by atoms with E-state index in [-0.39, 0.29) is 12.5 Å². The van der Waals surface area contributed by atoms with Gasteiger partial charge in [-0.2, -0.15) is 21.6 Å². The fourth-order valence-electron chi connectivity index (χ4n) is 3.40. The molecule has 0 amide bonds. The Labute approximate surface area is 176 Å². The van der Waals surface area contributed by atoms with Crippen molar-refractivity contribution in [3.05, 3.63) is 35.7 Å². The zero-order chi connectivity index (χ0) is 23.0. The topological polar surface area (TPSA) is 116 Å². The van der Waals surface area contributed by atoms with Crippen LogP contribution in [0.2, 0.25) is 0 Å². The highest BCUT2D eigenvalue weighted by molar-refractivity contribution is 7.89. The molecule has 31 heavy (non-hydrogen) atoms. The van der Waals surface area contributed by atoms with Gasteiger partial charge in [-0.05, 0) is 30.9 Å². The monoisotopic (exact) mass is 485 g/mol. The lowest BCUT2D eigenvalue weighted by Crippen LogP contribution is -2.40. The average molecular weight is 485 g/mol. The van der Waals surface area contributed by atoms with Gasteiger partial charge >= 0.3 is 21.8 Å². The summed E-state index contributed by atoms with van der Waals surface area (Å²) in [5.41, 5.74) is -6.31. The third-order valence-electron chi connectivity index (χ3n) is 4.84. The summed E-state index contributed by atoms with van der Waals surface area (Å²) in [6.45, 7) is -0.248. The molecule has 0 spiro atoms. The molecule has 9 nitrogen and oxygen atoms in total. The minimum absolute atomic E-state index is 0.184. The van der Waals surface area contributed by atoms with Crippen molar-refractivity contribution in [1.82, 2.24) is 4.31 Å². The van der Waals surface area contributed by atoms with Crippen molar-refractivity contribution in [3.8, 4) is 0 Å². The first kappa shape index (κ1) is 23.2. The normalized spacial score (nSPS) is 19.2. The molecule has 1 aliphatic carbocycles. The van der Waals surface area contributed by atoms with E-state index in [1.54, 1.807) is 0 Å². The van der Waals surface area contributed by atoms with Crippen LogP contribution in [0.4, 0.5) is 18.0 Å². The maximum absolute atomic E-state index is 13.2. The van der Waals surface area contributed by atoms with Gasteiger partial charge in [0, 0.05) is 12.1 Å². The molecule has 2 aliphatic rings. The number of benzene rings is 1. The summed E-state index contributed by atoms with van der Waals surface area (Å²) in [6.07, 6.45) is 1.44. The number of hydrogen-bond acceptors (Lipinski definition) is 8. The van der Waals surface area contributed by atoms with Gasteiger partial charge in [-0.15, -0.1) is 0 Å². The van der Waals surface area contributed by atoms with Gasteiger partial charge < -0.3 is 13.7 Å². The number of nitrogens with zero attached hydrogens (tertiary/aromatic N) is 1. The second-order valence-electron chi connectivity index (χ2n) is 6.86. The minimum atomic E-state index is -6.21. The summed E-state index contributed by atoms with van der Waals surface area (Å²) < 4.78 is 103. The van der Waals surface area contributed by atoms with Crippen LogP contribution in [0, 0.1) is 5.92 Å². The molecule has 1 aromatic rings. The second-order valence-corrected chi connectivity index (χ2v) is 10.2. The van der Waals surface area contributed by atoms with E-state index in [9.17, 15) is 34.8 Å². The fourth-order valence-corrected chi connectivity index (χ4v) is 5.55. The van der Waals surface area contributed by atoms with Gasteiger partial charge in [0.15, 0.2) is 0 Å². The van der Waals surface area contributed by atoms with Crippen LogP contribution in [-0.2, 0) is 33.8 Å². The van der Waals surface area contributed by atoms with Crippen LogP contribution in [-0.4, -0.2) is 46.5 Å². The Morgan fingerprint density at radius 3 is 2.39 bits per heavy atom. The van der Waals surface area contributed by atoms with Crippen LogP contribution in [0.5, 0.6) is 0 Å². The number of carbonyl (C=O) groups is 1. The lowest BCUT2D eigenvalue weighted by atomic mass is 10.1. The fraction of sp³-hybridized carbons (Fsp3) is 0.471. The van der Waals surface area contributed by atoms with E-state index in [4.69, 9.17) is 4.74 Å². The van der Waals surface area contributed by atoms with Crippen LogP contribution in [0.15, 0.2) is 35.0 Å². The summed E-state index contributed by atoms with van der Waals surface area (Å²) in [5, 5.41) is 0. The number of fused-ring (bicyclic) bond motifs is 1. The molecular formula is C17H18F3NO8S2. The number of rotatable bonds is 5. The standard InChI is InChI=1S/C17H18F3NO8S2/c1-27-16(22)28-15-14(29-31(25,26)17(18,19)20)12-8-4-5-9-13(12)30(23,24)21(15)10-11-6-2-3-7-11/h4-5,8-9,11H,2-3,6-7,10H2,1H3. The van der Waals surface area contributed by atoms with Gasteiger partial charge in [0.25, 0.3) is 15.9 Å². The Morgan fingerprint density at radius 2 is 1.81 bits per heavy atom. The van der Waals surface area contributed by atoms with Gasteiger partial charge in [0.05, 0.1) is 12.0 Å². The molecule has 3 rings (SSSR count). The molecule has 1 aliphatic heterocycles. The Bertz CT molecular complexity index is 1110. The van der Waals surface area contributed by atoms with Gasteiger partial charge in [0.2, 0.25) is 5.76 Å². The molecule has 0 saturated heterocycles. The maximum atomic E-state index is 13.2. The second kappa shape index (κ2) is 8.22. The first-order valence-corrected chi connectivity index (χ1v) is 11.9. The van der Waals surface area contributed by atoms with Crippen molar-refractivity contribution >= 4 is 32.1 Å². The first-order valence-electron chi connectivity index (χ1n) is 9.01. The number of hydrogen-bond donors (Lipinski definition) is 0. The molecule has 1 fully saturated rings. The number of sulfonamides is 1. The minimum Gasteiger partial charge on any atom is -0.437 e. The van der Waals surface area contributed by atoms with Gasteiger partial charge in [-0.3, -0.25) is 0 Å². The SMILES string of the molecule is COC(=O)OC1=C(OS(=O)(=O)C(F)(F)F)c2ccccc2S(=O)(=O)N1CC1CCCC1. The van der Waals surface area contributed by atoms with Crippen LogP contribution < -0.4 is 0 Å². The van der Waals surface area contributed by atoms with Crippen molar-refractivity contribution < 1.29 is 48.5 Å². The van der Waals surface area contributed by atoms with Crippen LogP contribution in [0.25, 0.3) is 5.76 Å². The van der Waals surface area contributed by atoms with Crippen LogP contribution in [0.1, 0.15) is 31.2 Å². The zero-order valence-corrected chi connectivity index (χ0v) is 17.7. The summed E-state index contributed by atoms with van der Waals surface area (Å²) >= 11 is 0. The summed E-state index contributed by atoms with van der Waals surface area (Å²) in [5.74, 6) is -2.27. The third-order valence-corrected chi connectivity index (χ3v) is 7.60. The van der Waals surface area contributed by atoms with E-state index in [1.165, 1.54) is 12.1 Å². The molecule has 0 atom stereocenters. The number of ether oxygens (including phenoxy) is 2. The summed E-state index contributed by atoms with van der Waals surface area (Å²) in [6, 6.07) is 4.71. The van der Waals surface area contributed by atoms with Crippen molar-refractivity contribution in [2.45, 2.75) is 36.1 Å². The molecule has 14 heteroatoms. The maximum Gasteiger partial charge on any atom is 0.534 e. The molecule has 1 heterocycles. The predicted octanol–water partition coefficient (Wildman–Crippen LogP) is 3.16. The molecule has 0 N–H and O–H groups in total. The van der Waals surface area contributed by atoms with Gasteiger partial charge in [-0.25, -0.2) is 17.5 Å². The highest BCUT2D eigenvalue weighted by Gasteiger charge is 2.51. The largest absolute Gasteiger partial charge is 0.534 e. The number of halogens is 3. The molecule has 0 aromatic heterocycles. The van der Waals surface area contributed by atoms with E-state index in [1.807, 2.05) is 0 Å². The molecule has 1 aromatic carbocycles. The average Bonchev–Trinajstić information content (AvgIpc) is 3.20. The number of alkyl halides is 3. The Balaban J connectivity index is 2.24. The third kappa shape index (κ3) is 4.44. The molecule has 1 saturated carbocycles. The highest BCUT2D eigenvalue weighted by Crippen LogP contribution is 2.42. The lowest BCUT2D eigenvalue weighted by Gasteiger charge is -2.33. The van der Waals surface area contributed by atoms with E-state index in [2.05, 4.69) is 8.92 Å². The van der Waals surface area contributed by atoms with Crippen LogP contribution >= 0.6 is 0 Å². The zero-order valence-electron chi connectivity index (χ0n) is 16.1. The van der Waals surface area contributed by atoms with Crippen molar-refractivity contribution in [2.75, 3.05) is 13.7 Å². The van der Waals surface area contributed by atoms with E-state index >= 15 is 0 Å². The van der Waals surface area contributed by atoms with E-state index in [0.29, 0.717) is 17.1 Å². The molecule has 0 radical (unpaired) electrons. The lowest BCUT2D eigenvalue weighted by molar-refractivity contribution is -0.0511. The molecule has 172 valence electrons. The predicted molar refractivity (Wildman–Crippen MR) is 98.8 cm³/mol. The Hall–Kier alpha value is -2.48. The van der Waals surface area contributed by atoms with Crippen molar-refractivity contribution in [3.63, 3.8) is 0 Å². The van der Waals surface area contributed by atoms with E-state index < -0.39 is 53.9 Å². The first-order chi connectivity index (χ1) is 14.4. The Kier molecular flexibility index (Phi) is 6.15. The quantitative estimate of drug-likeness (QED) is 0.355.